The maximum absolute atomic E-state index is 6.56. The largest absolute Gasteiger partial charge is 0.470 e. The summed E-state index contributed by atoms with van der Waals surface area (Å²) in [5.74, 6) is 1.12. The summed E-state index contributed by atoms with van der Waals surface area (Å²) in [6.07, 6.45) is -0.384. The molecule has 0 saturated carbocycles. The van der Waals surface area contributed by atoms with Gasteiger partial charge in [-0.15, -0.1) is 0 Å². The molecule has 2 aliphatic heterocycles. The van der Waals surface area contributed by atoms with Crippen molar-refractivity contribution in [2.45, 2.75) is 31.2 Å². The van der Waals surface area contributed by atoms with E-state index in [0.717, 1.165) is 22.3 Å². The normalized spacial score (nSPS) is 23.1. The van der Waals surface area contributed by atoms with Gasteiger partial charge in [-0.05, 0) is 29.2 Å². The van der Waals surface area contributed by atoms with Gasteiger partial charge in [0.1, 0.15) is 18.0 Å². The molecule has 0 bridgehead atoms. The average molecular weight is 473 g/mol. The van der Waals surface area contributed by atoms with Crippen LogP contribution >= 0.6 is 0 Å². The van der Waals surface area contributed by atoms with Gasteiger partial charge in [0.2, 0.25) is 0 Å². The molecule has 36 heavy (non-hydrogen) atoms. The number of hydrogen-bond acceptors (Lipinski definition) is 4. The SMILES string of the molecule is CC(C1=N[C@@H](c2ccccc2)[C@@H](c2ccccc2)O1)C1=N[C@@H](c2ccccc2)[C@@H](c2ccccc2)O1. The molecule has 0 aromatic heterocycles. The summed E-state index contributed by atoms with van der Waals surface area (Å²) in [7, 11) is 0. The van der Waals surface area contributed by atoms with E-state index < -0.39 is 0 Å². The minimum absolute atomic E-state index is 0.122. The quantitative estimate of drug-likeness (QED) is 0.293. The van der Waals surface area contributed by atoms with Crippen LogP contribution in [0.25, 0.3) is 0 Å². The second kappa shape index (κ2) is 9.82. The number of ether oxygens (including phenoxy) is 2. The maximum Gasteiger partial charge on any atom is 0.197 e. The van der Waals surface area contributed by atoms with E-state index in [0.29, 0.717) is 11.8 Å². The summed E-state index contributed by atoms with van der Waals surface area (Å²) in [5, 5.41) is 0. The van der Waals surface area contributed by atoms with Gasteiger partial charge < -0.3 is 9.47 Å². The van der Waals surface area contributed by atoms with E-state index in [-0.39, 0.29) is 30.2 Å². The maximum atomic E-state index is 6.56. The van der Waals surface area contributed by atoms with E-state index in [1.165, 1.54) is 0 Å². The van der Waals surface area contributed by atoms with Crippen molar-refractivity contribution in [3.63, 3.8) is 0 Å². The third-order valence-electron chi connectivity index (χ3n) is 6.88. The Kier molecular flexibility index (Phi) is 6.08. The first-order valence-electron chi connectivity index (χ1n) is 12.5. The Morgan fingerprint density at radius 2 is 0.778 bits per heavy atom. The van der Waals surface area contributed by atoms with Gasteiger partial charge in [-0.3, -0.25) is 0 Å². The molecule has 2 heterocycles. The van der Waals surface area contributed by atoms with Crippen molar-refractivity contribution in [1.82, 2.24) is 0 Å². The zero-order chi connectivity index (χ0) is 24.3. The summed E-state index contributed by atoms with van der Waals surface area (Å²) in [5.41, 5.74) is 4.48. The number of nitrogens with zero attached hydrogens (tertiary/aromatic N) is 2. The number of hydrogen-bond donors (Lipinski definition) is 0. The summed E-state index contributed by atoms with van der Waals surface area (Å²) in [6.45, 7) is 2.07. The highest BCUT2D eigenvalue weighted by Crippen LogP contribution is 2.44. The van der Waals surface area contributed by atoms with E-state index in [1.807, 2.05) is 72.8 Å². The number of rotatable bonds is 6. The molecule has 4 heteroatoms. The van der Waals surface area contributed by atoms with Crippen molar-refractivity contribution in [3.8, 4) is 0 Å². The lowest BCUT2D eigenvalue weighted by molar-refractivity contribution is 0.175. The Hall–Kier alpha value is -4.18. The van der Waals surface area contributed by atoms with Crippen LogP contribution in [-0.2, 0) is 9.47 Å². The Balaban J connectivity index is 1.33. The van der Waals surface area contributed by atoms with Crippen LogP contribution in [-0.4, -0.2) is 11.8 Å². The fourth-order valence-corrected chi connectivity index (χ4v) is 4.98. The van der Waals surface area contributed by atoms with Crippen LogP contribution in [0.1, 0.15) is 53.5 Å². The van der Waals surface area contributed by atoms with Crippen molar-refractivity contribution in [1.29, 1.82) is 0 Å². The predicted octanol–water partition coefficient (Wildman–Crippen LogP) is 7.45. The standard InChI is InChI=1S/C32H28N2O2/c1-22(31-33-27(23-14-6-2-7-15-23)29(35-31)25-18-10-4-11-19-25)32-34-28(24-16-8-3-9-17-24)30(36-32)26-20-12-5-13-21-26/h2-22,27-30H,1H3/t27-,28-,29+,30+/m0/s1. The lowest BCUT2D eigenvalue weighted by Gasteiger charge is -2.20. The Morgan fingerprint density at radius 3 is 1.11 bits per heavy atom. The third-order valence-corrected chi connectivity index (χ3v) is 6.88. The Morgan fingerprint density at radius 1 is 0.472 bits per heavy atom. The van der Waals surface area contributed by atoms with Crippen LogP contribution in [0.4, 0.5) is 0 Å². The van der Waals surface area contributed by atoms with E-state index in [4.69, 9.17) is 19.5 Å². The molecule has 0 spiro atoms. The van der Waals surface area contributed by atoms with Gasteiger partial charge >= 0.3 is 0 Å². The fourth-order valence-electron chi connectivity index (χ4n) is 4.98. The molecular weight excluding hydrogens is 444 g/mol. The van der Waals surface area contributed by atoms with Gasteiger partial charge in [0.15, 0.2) is 24.0 Å². The molecule has 2 aliphatic rings. The van der Waals surface area contributed by atoms with Gasteiger partial charge in [0.25, 0.3) is 0 Å². The first-order valence-corrected chi connectivity index (χ1v) is 12.5. The van der Waals surface area contributed by atoms with Crippen molar-refractivity contribution < 1.29 is 9.47 Å². The van der Waals surface area contributed by atoms with E-state index in [1.54, 1.807) is 0 Å². The van der Waals surface area contributed by atoms with Gasteiger partial charge in [0, 0.05) is 0 Å². The zero-order valence-electron chi connectivity index (χ0n) is 20.1. The monoisotopic (exact) mass is 472 g/mol. The second-order valence-corrected chi connectivity index (χ2v) is 9.27. The summed E-state index contributed by atoms with van der Waals surface area (Å²) in [6, 6.07) is 41.1. The number of benzene rings is 4. The highest BCUT2D eigenvalue weighted by atomic mass is 16.5. The molecule has 0 amide bonds. The molecule has 0 fully saturated rings. The molecule has 4 aromatic rings. The Bertz CT molecular complexity index is 1250. The fraction of sp³-hybridized carbons (Fsp3) is 0.188. The smallest absolute Gasteiger partial charge is 0.197 e. The summed E-state index contributed by atoms with van der Waals surface area (Å²) >= 11 is 0. The molecule has 0 N–H and O–H groups in total. The molecule has 178 valence electrons. The molecule has 0 saturated heterocycles. The second-order valence-electron chi connectivity index (χ2n) is 9.27. The Labute approximate surface area is 212 Å². The molecule has 4 nitrogen and oxygen atoms in total. The van der Waals surface area contributed by atoms with E-state index in [9.17, 15) is 0 Å². The van der Waals surface area contributed by atoms with Crippen molar-refractivity contribution in [2.24, 2.45) is 15.9 Å². The van der Waals surface area contributed by atoms with Crippen LogP contribution in [0.2, 0.25) is 0 Å². The van der Waals surface area contributed by atoms with Crippen LogP contribution in [0.15, 0.2) is 131 Å². The minimum Gasteiger partial charge on any atom is -0.470 e. The van der Waals surface area contributed by atoms with Crippen molar-refractivity contribution >= 4 is 11.8 Å². The zero-order valence-corrected chi connectivity index (χ0v) is 20.1. The summed E-state index contributed by atoms with van der Waals surface area (Å²) < 4.78 is 13.1. The van der Waals surface area contributed by atoms with Crippen LogP contribution in [0, 0.1) is 5.92 Å². The average Bonchev–Trinajstić information content (AvgIpc) is 3.61. The molecular formula is C32H28N2O2. The molecule has 4 atom stereocenters. The molecule has 4 aromatic carbocycles. The van der Waals surface area contributed by atoms with Crippen LogP contribution in [0.5, 0.6) is 0 Å². The molecule has 6 rings (SSSR count). The first-order chi connectivity index (χ1) is 17.8. The number of aliphatic imine (C=N–C) groups is 2. The van der Waals surface area contributed by atoms with Crippen LogP contribution in [0.3, 0.4) is 0 Å². The highest BCUT2D eigenvalue weighted by molar-refractivity contribution is 6.01. The highest BCUT2D eigenvalue weighted by Gasteiger charge is 2.41. The predicted molar refractivity (Wildman–Crippen MR) is 143 cm³/mol. The topological polar surface area (TPSA) is 43.2 Å². The van der Waals surface area contributed by atoms with Gasteiger partial charge in [-0.25, -0.2) is 9.98 Å². The molecule has 0 unspecified atom stereocenters. The van der Waals surface area contributed by atoms with E-state index >= 15 is 0 Å². The first kappa shape index (κ1) is 22.3. The lowest BCUT2D eigenvalue weighted by atomic mass is 9.97. The van der Waals surface area contributed by atoms with Crippen LogP contribution < -0.4 is 0 Å². The van der Waals surface area contributed by atoms with Crippen molar-refractivity contribution in [3.05, 3.63) is 144 Å². The molecule has 0 aliphatic carbocycles. The molecule has 0 radical (unpaired) electrons. The lowest BCUT2D eigenvalue weighted by Crippen LogP contribution is -2.23. The van der Waals surface area contributed by atoms with E-state index in [2.05, 4.69) is 55.5 Å². The minimum atomic E-state index is -0.204. The van der Waals surface area contributed by atoms with Gasteiger partial charge in [-0.2, -0.15) is 0 Å². The third kappa shape index (κ3) is 4.31. The summed E-state index contributed by atoms with van der Waals surface area (Å²) in [4.78, 5) is 10.2. The van der Waals surface area contributed by atoms with Gasteiger partial charge in [-0.1, -0.05) is 121 Å². The van der Waals surface area contributed by atoms with Crippen molar-refractivity contribution in [2.75, 3.05) is 0 Å². The van der Waals surface area contributed by atoms with Gasteiger partial charge in [0.05, 0.1) is 0 Å².